The van der Waals surface area contributed by atoms with Crippen LogP contribution < -0.4 is 11.3 Å². The fourth-order valence-electron chi connectivity index (χ4n) is 1.21. The number of rotatable bonds is 6. The third kappa shape index (κ3) is 3.84. The van der Waals surface area contributed by atoms with Gasteiger partial charge in [0.05, 0.1) is 0 Å². The second-order valence-corrected chi connectivity index (χ2v) is 4.94. The van der Waals surface area contributed by atoms with Crippen LogP contribution in [0, 0.1) is 0 Å². The Labute approximate surface area is 114 Å². The molecular weight excluding hydrogens is 266 g/mol. The smallest absolute Gasteiger partial charge is 0.257 e. The maximum Gasteiger partial charge on any atom is 0.257 e. The predicted octanol–water partition coefficient (Wildman–Crippen LogP) is -0.608. The minimum absolute atomic E-state index is 0.299. The minimum Gasteiger partial charge on any atom is -0.309 e. The Bertz CT molecular complexity index is 512. The summed E-state index contributed by atoms with van der Waals surface area (Å²) in [5.74, 6) is 6.91. The molecule has 0 fully saturated rings. The van der Waals surface area contributed by atoms with Gasteiger partial charge in [0.1, 0.15) is 12.7 Å². The van der Waals surface area contributed by atoms with Gasteiger partial charge in [0.25, 0.3) is 5.95 Å². The normalized spacial score (nSPS) is 10.9. The molecule has 0 aliphatic rings. The summed E-state index contributed by atoms with van der Waals surface area (Å²) < 4.78 is 1.46. The number of nitrogens with two attached hydrogens (primary N) is 1. The van der Waals surface area contributed by atoms with Crippen LogP contribution in [0.2, 0.25) is 0 Å². The number of thioether (sulfide) groups is 1. The Kier molecular flexibility index (Phi) is 4.60. The summed E-state index contributed by atoms with van der Waals surface area (Å²) in [4.78, 5) is 18.6. The molecule has 0 aromatic carbocycles. The van der Waals surface area contributed by atoms with Gasteiger partial charge >= 0.3 is 0 Å². The van der Waals surface area contributed by atoms with Crippen molar-refractivity contribution in [1.29, 1.82) is 0 Å². The molecule has 2 heterocycles. The maximum absolute atomic E-state index is 5.35. The lowest BCUT2D eigenvalue weighted by molar-refractivity contribution is 0.437. The molecule has 19 heavy (non-hydrogen) atoms. The second kappa shape index (κ2) is 6.41. The molecule has 0 radical (unpaired) electrons. The molecule has 3 N–H and O–H groups in total. The topological polar surface area (TPSA) is 111 Å². The van der Waals surface area contributed by atoms with Crippen LogP contribution in [0.3, 0.4) is 0 Å². The van der Waals surface area contributed by atoms with Crippen LogP contribution in [0.4, 0.5) is 5.95 Å². The van der Waals surface area contributed by atoms with E-state index < -0.39 is 0 Å². The zero-order valence-electron chi connectivity index (χ0n) is 10.7. The highest BCUT2D eigenvalue weighted by atomic mass is 32.2. The summed E-state index contributed by atoms with van der Waals surface area (Å²) in [6, 6.07) is 0. The average molecular weight is 281 g/mol. The SMILES string of the molecule is CN(C)CCSc1nc(NN)nc(-n2cncn2)n1. The van der Waals surface area contributed by atoms with Crippen molar-refractivity contribution in [2.45, 2.75) is 5.16 Å². The predicted molar refractivity (Wildman–Crippen MR) is 71.8 cm³/mol. The van der Waals surface area contributed by atoms with E-state index in [-0.39, 0.29) is 0 Å². The van der Waals surface area contributed by atoms with Crippen molar-refractivity contribution in [1.82, 2.24) is 34.6 Å². The second-order valence-electron chi connectivity index (χ2n) is 3.88. The van der Waals surface area contributed by atoms with Gasteiger partial charge in [-0.25, -0.2) is 10.8 Å². The zero-order valence-corrected chi connectivity index (χ0v) is 11.5. The number of hydrogen-bond acceptors (Lipinski definition) is 9. The van der Waals surface area contributed by atoms with Gasteiger partial charge in [-0.2, -0.15) is 24.7 Å². The van der Waals surface area contributed by atoms with E-state index in [1.165, 1.54) is 29.1 Å². The van der Waals surface area contributed by atoms with Crippen LogP contribution in [-0.4, -0.2) is 61.0 Å². The van der Waals surface area contributed by atoms with Crippen LogP contribution in [0.5, 0.6) is 0 Å². The summed E-state index contributed by atoms with van der Waals surface area (Å²) in [6.45, 7) is 0.931. The standard InChI is InChI=1S/C9H15N9S/c1-17(2)3-4-19-9-14-7(16-10)13-8(15-9)18-6-11-5-12-18/h5-6H,3-4,10H2,1-2H3,(H,13,14,15,16). The molecule has 0 amide bonds. The minimum atomic E-state index is 0.299. The van der Waals surface area contributed by atoms with E-state index in [1.54, 1.807) is 0 Å². The van der Waals surface area contributed by atoms with Crippen molar-refractivity contribution < 1.29 is 0 Å². The third-order valence-corrected chi connectivity index (χ3v) is 2.95. The first-order valence-corrected chi connectivity index (χ1v) is 6.53. The summed E-state index contributed by atoms with van der Waals surface area (Å²) in [5, 5.41) is 4.57. The molecule has 0 unspecified atom stereocenters. The molecule has 2 rings (SSSR count). The number of nitrogen functional groups attached to an aromatic ring is 1. The molecule has 0 spiro atoms. The molecular formula is C9H15N9S. The average Bonchev–Trinajstić information content (AvgIpc) is 2.92. The molecule has 0 saturated carbocycles. The Hall–Kier alpha value is -1.78. The van der Waals surface area contributed by atoms with Gasteiger partial charge in [-0.3, -0.25) is 5.43 Å². The largest absolute Gasteiger partial charge is 0.309 e. The lowest BCUT2D eigenvalue weighted by atomic mass is 10.7. The van der Waals surface area contributed by atoms with Crippen LogP contribution in [0.1, 0.15) is 0 Å². The van der Waals surface area contributed by atoms with Gasteiger partial charge in [0.2, 0.25) is 5.95 Å². The molecule has 102 valence electrons. The Morgan fingerprint density at radius 3 is 2.84 bits per heavy atom. The molecule has 9 nitrogen and oxygen atoms in total. The quantitative estimate of drug-likeness (QED) is 0.407. The molecule has 0 aliphatic carbocycles. The van der Waals surface area contributed by atoms with Gasteiger partial charge in [0, 0.05) is 12.3 Å². The maximum atomic E-state index is 5.35. The van der Waals surface area contributed by atoms with E-state index in [9.17, 15) is 0 Å². The first-order valence-electron chi connectivity index (χ1n) is 5.54. The first kappa shape index (κ1) is 13.6. The van der Waals surface area contributed by atoms with Crippen molar-refractivity contribution in [3.8, 4) is 5.95 Å². The monoisotopic (exact) mass is 281 g/mol. The number of anilines is 1. The Morgan fingerprint density at radius 2 is 2.21 bits per heavy atom. The Balaban J connectivity index is 2.16. The number of hydrazine groups is 1. The third-order valence-electron chi connectivity index (χ3n) is 2.13. The fraction of sp³-hybridized carbons (Fsp3) is 0.444. The molecule has 0 atom stereocenters. The van der Waals surface area contributed by atoms with Crippen LogP contribution >= 0.6 is 11.8 Å². The van der Waals surface area contributed by atoms with E-state index in [4.69, 9.17) is 5.84 Å². The van der Waals surface area contributed by atoms with E-state index in [1.807, 2.05) is 14.1 Å². The fourth-order valence-corrected chi connectivity index (χ4v) is 2.14. The van der Waals surface area contributed by atoms with E-state index >= 15 is 0 Å². The number of nitrogens with zero attached hydrogens (tertiary/aromatic N) is 7. The van der Waals surface area contributed by atoms with Crippen molar-refractivity contribution >= 4 is 17.7 Å². The van der Waals surface area contributed by atoms with E-state index in [0.717, 1.165) is 12.3 Å². The lowest BCUT2D eigenvalue weighted by Crippen LogP contribution is -2.16. The highest BCUT2D eigenvalue weighted by Gasteiger charge is 2.08. The van der Waals surface area contributed by atoms with E-state index in [2.05, 4.69) is 35.4 Å². The van der Waals surface area contributed by atoms with Gasteiger partial charge in [0.15, 0.2) is 5.16 Å². The van der Waals surface area contributed by atoms with E-state index in [0.29, 0.717) is 17.1 Å². The molecule has 2 aromatic heterocycles. The number of aromatic nitrogens is 6. The van der Waals surface area contributed by atoms with Gasteiger partial charge in [-0.15, -0.1) is 0 Å². The molecule has 0 aliphatic heterocycles. The number of hydrogen-bond donors (Lipinski definition) is 2. The summed E-state index contributed by atoms with van der Waals surface area (Å²) in [5.41, 5.74) is 2.42. The molecule has 0 bridgehead atoms. The lowest BCUT2D eigenvalue weighted by Gasteiger charge is -2.09. The van der Waals surface area contributed by atoms with Crippen LogP contribution in [0.25, 0.3) is 5.95 Å². The highest BCUT2D eigenvalue weighted by Crippen LogP contribution is 2.15. The molecule has 10 heteroatoms. The van der Waals surface area contributed by atoms with Crippen molar-refractivity contribution in [2.24, 2.45) is 5.84 Å². The summed E-state index contributed by atoms with van der Waals surface area (Å²) in [6.07, 6.45) is 2.93. The van der Waals surface area contributed by atoms with Crippen molar-refractivity contribution in [2.75, 3.05) is 31.8 Å². The zero-order chi connectivity index (χ0) is 13.7. The van der Waals surface area contributed by atoms with Crippen LogP contribution in [-0.2, 0) is 0 Å². The van der Waals surface area contributed by atoms with Crippen LogP contribution in [0.15, 0.2) is 17.8 Å². The summed E-state index contributed by atoms with van der Waals surface area (Å²) in [7, 11) is 4.03. The molecule has 0 saturated heterocycles. The highest BCUT2D eigenvalue weighted by molar-refractivity contribution is 7.99. The molecule has 2 aromatic rings. The van der Waals surface area contributed by atoms with Gasteiger partial charge in [-0.05, 0) is 14.1 Å². The first-order chi connectivity index (χ1) is 9.19. The van der Waals surface area contributed by atoms with Crippen molar-refractivity contribution in [3.05, 3.63) is 12.7 Å². The Morgan fingerprint density at radius 1 is 1.37 bits per heavy atom. The summed E-state index contributed by atoms with van der Waals surface area (Å²) >= 11 is 1.53. The van der Waals surface area contributed by atoms with Gasteiger partial charge in [-0.1, -0.05) is 11.8 Å². The number of nitrogens with one attached hydrogen (secondary N) is 1. The van der Waals surface area contributed by atoms with Crippen molar-refractivity contribution in [3.63, 3.8) is 0 Å². The van der Waals surface area contributed by atoms with Gasteiger partial charge < -0.3 is 4.90 Å².